The lowest BCUT2D eigenvalue weighted by molar-refractivity contribution is -0.128. The molecule has 0 saturated heterocycles. The number of nitrogens with zero attached hydrogens (tertiary/aromatic N) is 2. The van der Waals surface area contributed by atoms with E-state index in [1.54, 1.807) is 0 Å². The quantitative estimate of drug-likeness (QED) is 0.605. The number of aromatic nitrogens is 2. The number of aldehydes is 1. The summed E-state index contributed by atoms with van der Waals surface area (Å²) in [4.78, 5) is 17.0. The highest BCUT2D eigenvalue weighted by Gasteiger charge is 2.30. The molecule has 0 aliphatic rings. The molecule has 0 aliphatic carbocycles. The lowest BCUT2D eigenvalue weighted by atomic mass is 10.3. The van der Waals surface area contributed by atoms with Crippen molar-refractivity contribution in [2.75, 3.05) is 0 Å². The van der Waals surface area contributed by atoms with Crippen molar-refractivity contribution in [1.82, 2.24) is 9.97 Å². The fourth-order valence-electron chi connectivity index (χ4n) is 0.813. The predicted octanol–water partition coefficient (Wildman–Crippen LogP) is 2.70. The highest BCUT2D eigenvalue weighted by Crippen LogP contribution is 2.23. The third kappa shape index (κ3) is 3.32. The van der Waals surface area contributed by atoms with Crippen LogP contribution < -0.4 is 0 Å². The Morgan fingerprint density at radius 2 is 1.67 bits per heavy atom. The van der Waals surface area contributed by atoms with Gasteiger partial charge < -0.3 is 0 Å². The smallest absolute Gasteiger partial charge is 0.298 e. The maximum atomic E-state index is 12.0. The van der Waals surface area contributed by atoms with E-state index < -0.39 is 18.4 Å². The summed E-state index contributed by atoms with van der Waals surface area (Å²) < 4.78 is 35.9. The van der Waals surface area contributed by atoms with Crippen molar-refractivity contribution in [3.8, 4) is 0 Å². The van der Waals surface area contributed by atoms with Crippen LogP contribution in [0.3, 0.4) is 0 Å². The minimum absolute atomic E-state index is 0.218. The van der Waals surface area contributed by atoms with E-state index in [0.717, 1.165) is 0 Å². The average molecular weight is 259 g/mol. The zero-order chi connectivity index (χ0) is 11.6. The van der Waals surface area contributed by atoms with Gasteiger partial charge in [0.05, 0.1) is 5.56 Å². The van der Waals surface area contributed by atoms with E-state index in [4.69, 9.17) is 23.2 Å². The topological polar surface area (TPSA) is 42.9 Å². The monoisotopic (exact) mass is 258 g/mol. The molecule has 1 rings (SSSR count). The van der Waals surface area contributed by atoms with Gasteiger partial charge >= 0.3 is 6.18 Å². The molecule has 0 radical (unpaired) electrons. The maximum Gasteiger partial charge on any atom is 0.396 e. The number of carbonyl (C=O) groups excluding carboxylic acids is 1. The van der Waals surface area contributed by atoms with Gasteiger partial charge in [0.15, 0.2) is 6.29 Å². The van der Waals surface area contributed by atoms with Crippen molar-refractivity contribution < 1.29 is 18.0 Å². The Hall–Kier alpha value is -0.880. The van der Waals surface area contributed by atoms with E-state index in [1.807, 2.05) is 0 Å². The normalized spacial score (nSPS) is 11.5. The van der Waals surface area contributed by atoms with Crippen LogP contribution in [0.25, 0.3) is 0 Å². The van der Waals surface area contributed by atoms with E-state index in [1.165, 1.54) is 0 Å². The summed E-state index contributed by atoms with van der Waals surface area (Å²) >= 11 is 10.9. The van der Waals surface area contributed by atoms with Crippen LogP contribution in [0.5, 0.6) is 0 Å². The van der Waals surface area contributed by atoms with Gasteiger partial charge in [0.1, 0.15) is 22.6 Å². The minimum Gasteiger partial charge on any atom is -0.298 e. The second-order valence-electron chi connectivity index (χ2n) is 2.54. The molecule has 1 heterocycles. The first-order chi connectivity index (χ1) is 6.83. The van der Waals surface area contributed by atoms with Crippen molar-refractivity contribution in [2.45, 2.75) is 12.6 Å². The molecule has 0 saturated carbocycles. The summed E-state index contributed by atoms with van der Waals surface area (Å²) in [5.41, 5.74) is -0.218. The first-order valence-corrected chi connectivity index (χ1v) is 4.33. The van der Waals surface area contributed by atoms with Crippen LogP contribution >= 0.6 is 23.2 Å². The molecule has 15 heavy (non-hydrogen) atoms. The SMILES string of the molecule is O=Cc1c(Cl)nc(CC(F)(F)F)nc1Cl. The van der Waals surface area contributed by atoms with Crippen LogP contribution in [0.1, 0.15) is 16.2 Å². The Morgan fingerprint density at radius 3 is 2.00 bits per heavy atom. The minimum atomic E-state index is -4.45. The Labute approximate surface area is 92.2 Å². The number of rotatable bonds is 2. The average Bonchev–Trinajstić information content (AvgIpc) is 1.99. The van der Waals surface area contributed by atoms with Crippen LogP contribution in [0.2, 0.25) is 10.3 Å². The van der Waals surface area contributed by atoms with E-state index in [0.29, 0.717) is 0 Å². The molecule has 0 aromatic carbocycles. The first kappa shape index (κ1) is 12.2. The van der Waals surface area contributed by atoms with Crippen molar-refractivity contribution in [3.63, 3.8) is 0 Å². The molecular formula is C7H3Cl2F3N2O. The van der Waals surface area contributed by atoms with Gasteiger partial charge in [-0.25, -0.2) is 9.97 Å². The van der Waals surface area contributed by atoms with Crippen molar-refractivity contribution in [1.29, 1.82) is 0 Å². The summed E-state index contributed by atoms with van der Waals surface area (Å²) in [7, 11) is 0. The van der Waals surface area contributed by atoms with Crippen molar-refractivity contribution >= 4 is 29.5 Å². The first-order valence-electron chi connectivity index (χ1n) is 3.57. The van der Waals surface area contributed by atoms with E-state index in [9.17, 15) is 18.0 Å². The summed E-state index contributed by atoms with van der Waals surface area (Å²) in [5, 5.41) is -0.770. The number of hydrogen-bond donors (Lipinski definition) is 0. The summed E-state index contributed by atoms with van der Waals surface area (Å²) in [6.07, 6.45) is -5.51. The predicted molar refractivity (Wildman–Crippen MR) is 47.2 cm³/mol. The van der Waals surface area contributed by atoms with Crippen molar-refractivity contribution in [3.05, 3.63) is 21.7 Å². The third-order valence-corrected chi connectivity index (χ3v) is 1.95. The second kappa shape index (κ2) is 4.32. The van der Waals surface area contributed by atoms with Crippen LogP contribution in [0, 0.1) is 0 Å². The molecule has 0 fully saturated rings. The number of hydrogen-bond acceptors (Lipinski definition) is 3. The Bertz CT molecular complexity index is 371. The molecule has 0 bridgehead atoms. The van der Waals surface area contributed by atoms with Gasteiger partial charge in [0, 0.05) is 0 Å². The maximum absolute atomic E-state index is 12.0. The third-order valence-electron chi connectivity index (χ3n) is 1.38. The zero-order valence-electron chi connectivity index (χ0n) is 6.98. The largest absolute Gasteiger partial charge is 0.396 e. The molecule has 0 unspecified atom stereocenters. The molecule has 0 spiro atoms. The summed E-state index contributed by atoms with van der Waals surface area (Å²) in [6.45, 7) is 0. The van der Waals surface area contributed by atoms with Crippen molar-refractivity contribution in [2.24, 2.45) is 0 Å². The molecule has 3 nitrogen and oxygen atoms in total. The molecule has 0 aliphatic heterocycles. The van der Waals surface area contributed by atoms with Gasteiger partial charge in [-0.2, -0.15) is 13.2 Å². The fourth-order valence-corrected chi connectivity index (χ4v) is 1.32. The van der Waals surface area contributed by atoms with Gasteiger partial charge in [-0.15, -0.1) is 0 Å². The molecule has 8 heteroatoms. The standard InChI is InChI=1S/C7H3Cl2F3N2O/c8-5-3(2-15)6(9)14-4(13-5)1-7(10,11)12/h2H,1H2. The summed E-state index contributed by atoms with van der Waals surface area (Å²) in [6, 6.07) is 0. The molecular weight excluding hydrogens is 256 g/mol. The highest BCUT2D eigenvalue weighted by atomic mass is 35.5. The lowest BCUT2D eigenvalue weighted by Crippen LogP contribution is -2.15. The fraction of sp³-hybridized carbons (Fsp3) is 0.286. The number of carbonyl (C=O) groups is 1. The molecule has 1 aromatic rings. The second-order valence-corrected chi connectivity index (χ2v) is 3.26. The van der Waals surface area contributed by atoms with Gasteiger partial charge in [0.25, 0.3) is 0 Å². The van der Waals surface area contributed by atoms with Crippen LogP contribution in [0.4, 0.5) is 13.2 Å². The molecule has 1 aromatic heterocycles. The Morgan fingerprint density at radius 1 is 1.20 bits per heavy atom. The molecule has 0 atom stereocenters. The van der Waals surface area contributed by atoms with Gasteiger partial charge in [-0.1, -0.05) is 23.2 Å². The molecule has 0 N–H and O–H groups in total. The van der Waals surface area contributed by atoms with Gasteiger partial charge in [-0.3, -0.25) is 4.79 Å². The zero-order valence-corrected chi connectivity index (χ0v) is 8.49. The Kier molecular flexibility index (Phi) is 3.51. The number of alkyl halides is 3. The van der Waals surface area contributed by atoms with E-state index in [-0.39, 0.29) is 22.2 Å². The van der Waals surface area contributed by atoms with Crippen LogP contribution in [-0.2, 0) is 6.42 Å². The molecule has 82 valence electrons. The van der Waals surface area contributed by atoms with Gasteiger partial charge in [0.2, 0.25) is 0 Å². The summed E-state index contributed by atoms with van der Waals surface area (Å²) in [5.74, 6) is -0.567. The van der Waals surface area contributed by atoms with Gasteiger partial charge in [-0.05, 0) is 0 Å². The highest BCUT2D eigenvalue weighted by molar-refractivity contribution is 6.36. The van der Waals surface area contributed by atoms with Crippen LogP contribution in [-0.4, -0.2) is 22.4 Å². The van der Waals surface area contributed by atoms with E-state index >= 15 is 0 Å². The Balaban J connectivity index is 3.09. The van der Waals surface area contributed by atoms with E-state index in [2.05, 4.69) is 9.97 Å². The number of halogens is 5. The van der Waals surface area contributed by atoms with Crippen LogP contribution in [0.15, 0.2) is 0 Å². The molecule has 0 amide bonds. The lowest BCUT2D eigenvalue weighted by Gasteiger charge is -2.06.